The summed E-state index contributed by atoms with van der Waals surface area (Å²) in [5, 5.41) is 5.47. The minimum Gasteiger partial charge on any atom is -0.453 e. The second-order valence-electron chi connectivity index (χ2n) is 15.2. The lowest BCUT2D eigenvalue weighted by molar-refractivity contribution is 0.409. The molecule has 60 heavy (non-hydrogen) atoms. The van der Waals surface area contributed by atoms with Crippen molar-refractivity contribution in [2.45, 2.75) is 0 Å². The van der Waals surface area contributed by atoms with E-state index in [1.54, 1.807) is 11.3 Å². The highest BCUT2D eigenvalue weighted by atomic mass is 32.1. The molecule has 3 aromatic heterocycles. The smallest absolute Gasteiger partial charge is 0.235 e. The van der Waals surface area contributed by atoms with E-state index in [0.29, 0.717) is 46.0 Å². The van der Waals surface area contributed by atoms with E-state index in [9.17, 15) is 8.78 Å². The molecule has 7 nitrogen and oxygen atoms in total. The minimum atomic E-state index is -0.529. The van der Waals surface area contributed by atoms with Crippen LogP contribution in [0.25, 0.3) is 81.2 Å². The SMILES string of the molecule is Fc1cc2c3c(c1)Oc1cc(-c4ccc5c(c4)c4ccccc4n5-c4nc(-c5cccc6c5sc5ccccc56)c5ccccc5n4)cc4c1N3c1c(cc(F)cc1O4)O2. The van der Waals surface area contributed by atoms with E-state index in [0.717, 1.165) is 55.1 Å². The predicted octanol–water partition coefficient (Wildman–Crippen LogP) is 14.5. The zero-order valence-electron chi connectivity index (χ0n) is 31.0. The third-order valence-electron chi connectivity index (χ3n) is 11.8. The molecule has 0 saturated heterocycles. The second-order valence-corrected chi connectivity index (χ2v) is 16.3. The van der Waals surface area contributed by atoms with Gasteiger partial charge in [0.05, 0.1) is 22.2 Å². The van der Waals surface area contributed by atoms with Crippen LogP contribution in [0, 0.1) is 11.6 Å². The van der Waals surface area contributed by atoms with Crippen molar-refractivity contribution in [3.8, 4) is 62.8 Å². The Morgan fingerprint density at radius 2 is 1.05 bits per heavy atom. The van der Waals surface area contributed by atoms with Crippen LogP contribution in [0.15, 0.2) is 146 Å². The quantitative estimate of drug-likeness (QED) is 0.177. The van der Waals surface area contributed by atoms with Crippen LogP contribution in [0.2, 0.25) is 0 Å². The topological polar surface area (TPSA) is 61.6 Å². The number of hydrogen-bond acceptors (Lipinski definition) is 7. The number of para-hydroxylation sites is 2. The van der Waals surface area contributed by atoms with E-state index < -0.39 is 11.6 Å². The Morgan fingerprint density at radius 1 is 0.467 bits per heavy atom. The van der Waals surface area contributed by atoms with Crippen LogP contribution >= 0.6 is 11.3 Å². The van der Waals surface area contributed by atoms with Gasteiger partial charge in [-0.15, -0.1) is 11.3 Å². The molecular weight excluding hydrogens is 775 g/mol. The summed E-state index contributed by atoms with van der Waals surface area (Å²) in [6.45, 7) is 0. The Balaban J connectivity index is 0.961. The lowest BCUT2D eigenvalue weighted by Crippen LogP contribution is -2.24. The summed E-state index contributed by atoms with van der Waals surface area (Å²) < 4.78 is 53.3. The van der Waals surface area contributed by atoms with Gasteiger partial charge < -0.3 is 14.2 Å². The van der Waals surface area contributed by atoms with Gasteiger partial charge in [0.25, 0.3) is 0 Å². The summed E-state index contributed by atoms with van der Waals surface area (Å²) >= 11 is 1.79. The number of ether oxygens (including phenoxy) is 3. The fourth-order valence-corrected chi connectivity index (χ4v) is 10.6. The fraction of sp³-hybridized carbons (Fsp3) is 0. The van der Waals surface area contributed by atoms with Crippen molar-refractivity contribution in [3.05, 3.63) is 157 Å². The molecule has 6 heterocycles. The maximum Gasteiger partial charge on any atom is 0.235 e. The molecule has 10 heteroatoms. The normalized spacial score (nSPS) is 13.2. The molecule has 0 atom stereocenters. The average molecular weight is 799 g/mol. The van der Waals surface area contributed by atoms with Crippen LogP contribution in [-0.4, -0.2) is 14.5 Å². The molecule has 0 N–H and O–H groups in total. The first-order valence-electron chi connectivity index (χ1n) is 19.4. The number of halogens is 2. The Bertz CT molecular complexity index is 3680. The summed E-state index contributed by atoms with van der Waals surface area (Å²) in [6.07, 6.45) is 0. The molecule has 3 aliphatic heterocycles. The van der Waals surface area contributed by atoms with Crippen molar-refractivity contribution in [3.63, 3.8) is 0 Å². The monoisotopic (exact) mass is 798 g/mol. The first kappa shape index (κ1) is 32.2. The summed E-state index contributed by atoms with van der Waals surface area (Å²) in [6, 6.07) is 46.9. The third kappa shape index (κ3) is 4.29. The molecule has 0 bridgehead atoms. The highest BCUT2D eigenvalue weighted by Crippen LogP contribution is 2.67. The fourth-order valence-electron chi connectivity index (χ4n) is 9.34. The number of anilines is 3. The average Bonchev–Trinajstić information content (AvgIpc) is 3.81. The van der Waals surface area contributed by atoms with E-state index in [-0.39, 0.29) is 11.5 Å². The van der Waals surface area contributed by atoms with Crippen molar-refractivity contribution in [2.75, 3.05) is 4.90 Å². The van der Waals surface area contributed by atoms with E-state index in [1.807, 2.05) is 47.4 Å². The third-order valence-corrected chi connectivity index (χ3v) is 13.1. The summed E-state index contributed by atoms with van der Waals surface area (Å²) in [5.74, 6) is 1.51. The van der Waals surface area contributed by atoms with Gasteiger partial charge in [-0.1, -0.05) is 78.9 Å². The van der Waals surface area contributed by atoms with Crippen LogP contribution in [0.1, 0.15) is 0 Å². The van der Waals surface area contributed by atoms with Crippen LogP contribution in [0.4, 0.5) is 25.8 Å². The van der Waals surface area contributed by atoms with E-state index in [2.05, 4.69) is 83.4 Å². The van der Waals surface area contributed by atoms with E-state index in [1.165, 1.54) is 44.4 Å². The molecule has 0 saturated carbocycles. The lowest BCUT2D eigenvalue weighted by atomic mass is 9.98. The molecule has 0 unspecified atom stereocenters. The van der Waals surface area contributed by atoms with Gasteiger partial charge in [-0.05, 0) is 53.6 Å². The number of fused-ring (bicyclic) bond motifs is 7. The molecule has 0 fully saturated rings. The predicted molar refractivity (Wildman–Crippen MR) is 232 cm³/mol. The molecule has 0 radical (unpaired) electrons. The highest BCUT2D eigenvalue weighted by molar-refractivity contribution is 7.26. The first-order chi connectivity index (χ1) is 29.5. The van der Waals surface area contributed by atoms with Crippen molar-refractivity contribution in [2.24, 2.45) is 0 Å². The van der Waals surface area contributed by atoms with Gasteiger partial charge in [0, 0.05) is 66.2 Å². The van der Waals surface area contributed by atoms with Crippen molar-refractivity contribution < 1.29 is 23.0 Å². The number of nitrogens with zero attached hydrogens (tertiary/aromatic N) is 4. The molecule has 3 aliphatic rings. The molecule has 0 amide bonds. The Hall–Kier alpha value is -7.82. The Morgan fingerprint density at radius 3 is 1.77 bits per heavy atom. The first-order valence-corrected chi connectivity index (χ1v) is 20.2. The number of benzene rings is 8. The van der Waals surface area contributed by atoms with E-state index >= 15 is 0 Å². The van der Waals surface area contributed by atoms with Crippen molar-refractivity contribution in [1.29, 1.82) is 0 Å². The van der Waals surface area contributed by atoms with Crippen LogP contribution < -0.4 is 19.1 Å². The largest absolute Gasteiger partial charge is 0.453 e. The van der Waals surface area contributed by atoms with Crippen LogP contribution in [0.5, 0.6) is 34.5 Å². The van der Waals surface area contributed by atoms with Crippen molar-refractivity contribution in [1.82, 2.24) is 14.5 Å². The molecule has 0 aliphatic carbocycles. The number of hydrogen-bond donors (Lipinski definition) is 0. The zero-order valence-corrected chi connectivity index (χ0v) is 31.9. The Labute approximate surface area is 342 Å². The number of thiophene rings is 1. The summed E-state index contributed by atoms with van der Waals surface area (Å²) in [5.41, 5.74) is 8.11. The number of aromatic nitrogens is 3. The molecule has 11 aromatic rings. The van der Waals surface area contributed by atoms with Gasteiger partial charge in [-0.3, -0.25) is 9.47 Å². The van der Waals surface area contributed by atoms with Gasteiger partial charge in [0.1, 0.15) is 28.7 Å². The second kappa shape index (κ2) is 11.4. The van der Waals surface area contributed by atoms with Gasteiger partial charge in [0.15, 0.2) is 34.5 Å². The Kier molecular flexibility index (Phi) is 6.13. The number of rotatable bonds is 3. The van der Waals surface area contributed by atoms with Gasteiger partial charge >= 0.3 is 0 Å². The maximum atomic E-state index is 15.0. The standard InChI is InChI=1S/C50H24F2N4O3S/c51-27-21-40-47-42(23-27)59-43-24-28(52)22-41-48(43)56(47)46-38(57-40)19-26(20-39(46)58-41)25-16-17-37-34(18-25)29-8-2-5-14-36(29)55(37)50-53-35-13-4-1-10-32(35)45(54-50)33-12-7-11-31-30-9-3-6-15-44(30)60-49(31)33/h1-24H. The van der Waals surface area contributed by atoms with E-state index in [4.69, 9.17) is 24.2 Å². The molecule has 14 rings (SSSR count). The van der Waals surface area contributed by atoms with Gasteiger partial charge in [0.2, 0.25) is 5.95 Å². The van der Waals surface area contributed by atoms with Crippen LogP contribution in [0.3, 0.4) is 0 Å². The lowest BCUT2D eigenvalue weighted by Gasteiger charge is -2.41. The van der Waals surface area contributed by atoms with Crippen LogP contribution in [-0.2, 0) is 0 Å². The van der Waals surface area contributed by atoms with Crippen molar-refractivity contribution >= 4 is 81.3 Å². The molecule has 0 spiro atoms. The maximum absolute atomic E-state index is 15.0. The van der Waals surface area contributed by atoms with Gasteiger partial charge in [-0.25, -0.2) is 18.7 Å². The molecule has 8 aromatic carbocycles. The summed E-state index contributed by atoms with van der Waals surface area (Å²) in [7, 11) is 0. The van der Waals surface area contributed by atoms with Gasteiger partial charge in [-0.2, -0.15) is 0 Å². The zero-order chi connectivity index (χ0) is 39.4. The molecular formula is C50H24F2N4O3S. The minimum absolute atomic E-state index is 0.234. The molecule has 282 valence electrons. The highest BCUT2D eigenvalue weighted by Gasteiger charge is 2.42. The summed E-state index contributed by atoms with van der Waals surface area (Å²) in [4.78, 5) is 12.5.